The maximum absolute atomic E-state index is 12.7. The molecule has 1 aromatic rings. The van der Waals surface area contributed by atoms with Gasteiger partial charge >= 0.3 is 6.18 Å². The highest BCUT2D eigenvalue weighted by molar-refractivity contribution is 5.48. The van der Waals surface area contributed by atoms with Crippen LogP contribution in [-0.2, 0) is 12.7 Å². The van der Waals surface area contributed by atoms with Gasteiger partial charge < -0.3 is 15.7 Å². The number of hydrogen-bond donors (Lipinski definition) is 2. The van der Waals surface area contributed by atoms with Crippen LogP contribution in [0.4, 0.5) is 19.0 Å². The first-order chi connectivity index (χ1) is 9.45. The van der Waals surface area contributed by atoms with Gasteiger partial charge in [0.15, 0.2) is 0 Å². The second-order valence-electron chi connectivity index (χ2n) is 4.99. The maximum Gasteiger partial charge on any atom is 0.433 e. The number of nitrogens with zero attached hydrogens (tertiary/aromatic N) is 2. The van der Waals surface area contributed by atoms with E-state index >= 15 is 0 Å². The van der Waals surface area contributed by atoms with Crippen molar-refractivity contribution in [2.24, 2.45) is 11.7 Å². The summed E-state index contributed by atoms with van der Waals surface area (Å²) >= 11 is 0. The molecule has 1 saturated heterocycles. The molecule has 0 atom stereocenters. The molecule has 1 aliphatic rings. The lowest BCUT2D eigenvalue weighted by Crippen LogP contribution is -2.36. The molecule has 0 aliphatic carbocycles. The van der Waals surface area contributed by atoms with Crippen molar-refractivity contribution in [2.75, 3.05) is 24.6 Å². The quantitative estimate of drug-likeness (QED) is 0.890. The first-order valence-corrected chi connectivity index (χ1v) is 6.58. The van der Waals surface area contributed by atoms with Crippen LogP contribution in [0.25, 0.3) is 0 Å². The van der Waals surface area contributed by atoms with E-state index in [0.717, 1.165) is 18.9 Å². The van der Waals surface area contributed by atoms with Crippen molar-refractivity contribution in [2.45, 2.75) is 25.6 Å². The van der Waals surface area contributed by atoms with Crippen molar-refractivity contribution in [3.8, 4) is 0 Å². The molecule has 0 unspecified atom stereocenters. The standard InChI is InChI=1S/C13H18F3N3O/c14-13(15,16)11-2-1-10(7-17)12(18-11)19-5-3-9(8-20)4-6-19/h1-2,9,20H,3-8,17H2. The highest BCUT2D eigenvalue weighted by atomic mass is 19.4. The number of pyridine rings is 1. The Morgan fingerprint density at radius 1 is 1.30 bits per heavy atom. The molecular weight excluding hydrogens is 271 g/mol. The zero-order valence-electron chi connectivity index (χ0n) is 11.0. The minimum Gasteiger partial charge on any atom is -0.396 e. The van der Waals surface area contributed by atoms with Gasteiger partial charge in [0.1, 0.15) is 11.5 Å². The summed E-state index contributed by atoms with van der Waals surface area (Å²) in [5.41, 5.74) is 5.30. The van der Waals surface area contributed by atoms with Crippen LogP contribution in [0, 0.1) is 5.92 Å². The van der Waals surface area contributed by atoms with Crippen LogP contribution < -0.4 is 10.6 Å². The first kappa shape index (κ1) is 15.1. The zero-order valence-corrected chi connectivity index (χ0v) is 11.0. The molecule has 1 fully saturated rings. The number of anilines is 1. The van der Waals surface area contributed by atoms with E-state index < -0.39 is 11.9 Å². The topological polar surface area (TPSA) is 62.4 Å². The minimum atomic E-state index is -4.45. The highest BCUT2D eigenvalue weighted by Crippen LogP contribution is 2.31. The van der Waals surface area contributed by atoms with Gasteiger partial charge in [0.25, 0.3) is 0 Å². The number of alkyl halides is 3. The van der Waals surface area contributed by atoms with E-state index in [1.54, 1.807) is 0 Å². The third kappa shape index (κ3) is 3.21. The predicted molar refractivity (Wildman–Crippen MR) is 69.2 cm³/mol. The molecule has 7 heteroatoms. The molecule has 0 bridgehead atoms. The van der Waals surface area contributed by atoms with Gasteiger partial charge in [-0.1, -0.05) is 6.07 Å². The van der Waals surface area contributed by atoms with E-state index in [1.807, 2.05) is 4.90 Å². The number of aromatic nitrogens is 1. The van der Waals surface area contributed by atoms with Gasteiger partial charge in [0, 0.05) is 31.8 Å². The van der Waals surface area contributed by atoms with E-state index in [1.165, 1.54) is 6.07 Å². The summed E-state index contributed by atoms with van der Waals surface area (Å²) in [7, 11) is 0. The van der Waals surface area contributed by atoms with Crippen LogP contribution in [0.2, 0.25) is 0 Å². The molecule has 0 amide bonds. The normalized spacial score (nSPS) is 17.6. The highest BCUT2D eigenvalue weighted by Gasteiger charge is 2.34. The number of nitrogens with two attached hydrogens (primary N) is 1. The molecule has 4 nitrogen and oxygen atoms in total. The van der Waals surface area contributed by atoms with E-state index in [9.17, 15) is 13.2 Å². The molecule has 0 radical (unpaired) electrons. The fourth-order valence-corrected chi connectivity index (χ4v) is 2.40. The van der Waals surface area contributed by atoms with Crippen molar-refractivity contribution in [1.29, 1.82) is 0 Å². The van der Waals surface area contributed by atoms with Gasteiger partial charge in [-0.05, 0) is 24.8 Å². The Kier molecular flexibility index (Phi) is 4.49. The zero-order chi connectivity index (χ0) is 14.8. The predicted octanol–water partition coefficient (Wildman–Crippen LogP) is 1.77. The van der Waals surface area contributed by atoms with E-state index in [0.29, 0.717) is 24.5 Å². The molecule has 0 saturated carbocycles. The number of hydrogen-bond acceptors (Lipinski definition) is 4. The number of halogens is 3. The fraction of sp³-hybridized carbons (Fsp3) is 0.615. The van der Waals surface area contributed by atoms with Gasteiger partial charge in [0.2, 0.25) is 0 Å². The number of piperidine rings is 1. The first-order valence-electron chi connectivity index (χ1n) is 6.58. The van der Waals surface area contributed by atoms with Gasteiger partial charge in [0.05, 0.1) is 0 Å². The van der Waals surface area contributed by atoms with E-state index in [2.05, 4.69) is 4.98 Å². The molecule has 0 spiro atoms. The molecule has 1 aromatic heterocycles. The summed E-state index contributed by atoms with van der Waals surface area (Å²) in [5, 5.41) is 9.10. The van der Waals surface area contributed by atoms with E-state index in [-0.39, 0.29) is 19.1 Å². The van der Waals surface area contributed by atoms with Crippen molar-refractivity contribution >= 4 is 5.82 Å². The second-order valence-corrected chi connectivity index (χ2v) is 4.99. The molecule has 20 heavy (non-hydrogen) atoms. The summed E-state index contributed by atoms with van der Waals surface area (Å²) in [4.78, 5) is 5.57. The Labute approximate surface area is 115 Å². The monoisotopic (exact) mass is 289 g/mol. The molecule has 0 aromatic carbocycles. The summed E-state index contributed by atoms with van der Waals surface area (Å²) in [6, 6.07) is 2.36. The van der Waals surface area contributed by atoms with Crippen molar-refractivity contribution in [3.63, 3.8) is 0 Å². The van der Waals surface area contributed by atoms with Crippen molar-refractivity contribution in [1.82, 2.24) is 4.98 Å². The Hall–Kier alpha value is -1.34. The van der Waals surface area contributed by atoms with Crippen LogP contribution >= 0.6 is 0 Å². The van der Waals surface area contributed by atoms with Crippen molar-refractivity contribution in [3.05, 3.63) is 23.4 Å². The Morgan fingerprint density at radius 2 is 1.95 bits per heavy atom. The lowest BCUT2D eigenvalue weighted by Gasteiger charge is -2.33. The Balaban J connectivity index is 2.25. The van der Waals surface area contributed by atoms with Gasteiger partial charge in [-0.3, -0.25) is 0 Å². The summed E-state index contributed by atoms with van der Waals surface area (Å²) in [5.74, 6) is 0.539. The minimum absolute atomic E-state index is 0.119. The SMILES string of the molecule is NCc1ccc(C(F)(F)F)nc1N1CCC(CO)CC1. The Morgan fingerprint density at radius 3 is 2.45 bits per heavy atom. The lowest BCUT2D eigenvalue weighted by molar-refractivity contribution is -0.141. The summed E-state index contributed by atoms with van der Waals surface area (Å²) in [6.45, 7) is 1.45. The van der Waals surface area contributed by atoms with Crippen LogP contribution in [0.1, 0.15) is 24.1 Å². The third-order valence-corrected chi connectivity index (χ3v) is 3.64. The van der Waals surface area contributed by atoms with Crippen LogP contribution in [0.5, 0.6) is 0 Å². The third-order valence-electron chi connectivity index (χ3n) is 3.64. The van der Waals surface area contributed by atoms with Gasteiger partial charge in [-0.25, -0.2) is 4.98 Å². The molecule has 112 valence electrons. The molecule has 3 N–H and O–H groups in total. The second kappa shape index (κ2) is 5.97. The molecule has 1 aliphatic heterocycles. The maximum atomic E-state index is 12.7. The van der Waals surface area contributed by atoms with Gasteiger partial charge in [-0.15, -0.1) is 0 Å². The number of aliphatic hydroxyl groups excluding tert-OH is 1. The average molecular weight is 289 g/mol. The average Bonchev–Trinajstić information content (AvgIpc) is 2.45. The van der Waals surface area contributed by atoms with E-state index in [4.69, 9.17) is 10.8 Å². The van der Waals surface area contributed by atoms with Crippen LogP contribution in [-0.4, -0.2) is 29.8 Å². The largest absolute Gasteiger partial charge is 0.433 e. The van der Waals surface area contributed by atoms with Gasteiger partial charge in [-0.2, -0.15) is 13.2 Å². The smallest absolute Gasteiger partial charge is 0.396 e. The summed E-state index contributed by atoms with van der Waals surface area (Å²) < 4.78 is 38.2. The summed E-state index contributed by atoms with van der Waals surface area (Å²) in [6.07, 6.45) is -2.96. The molecule has 2 rings (SSSR count). The lowest BCUT2D eigenvalue weighted by atomic mass is 9.97. The number of rotatable bonds is 3. The molecular formula is C13H18F3N3O. The van der Waals surface area contributed by atoms with Crippen molar-refractivity contribution < 1.29 is 18.3 Å². The van der Waals surface area contributed by atoms with Crippen LogP contribution in [0.3, 0.4) is 0 Å². The number of aliphatic hydroxyl groups is 1. The molecule has 2 heterocycles. The van der Waals surface area contributed by atoms with Crippen LogP contribution in [0.15, 0.2) is 12.1 Å². The Bertz CT molecular complexity index is 457. The fourth-order valence-electron chi connectivity index (χ4n) is 2.40.